The SMILES string of the molecule is COC(=O)c1ccc(ON2C(=O)[C@@H](NC(=O)OCCCCC3CCCCC3)[C@@H]2C)cc1. The smallest absolute Gasteiger partial charge is 0.407 e. The van der Waals surface area contributed by atoms with E-state index in [0.29, 0.717) is 17.9 Å². The van der Waals surface area contributed by atoms with E-state index in [0.717, 1.165) is 18.8 Å². The molecule has 0 unspecified atom stereocenters. The number of unbranched alkanes of at least 4 members (excludes halogenated alkanes) is 1. The van der Waals surface area contributed by atoms with E-state index in [1.54, 1.807) is 31.2 Å². The number of carbonyl (C=O) groups excluding carboxylic acids is 3. The van der Waals surface area contributed by atoms with Crippen molar-refractivity contribution >= 4 is 18.0 Å². The maximum atomic E-state index is 12.3. The Morgan fingerprint density at radius 1 is 1.10 bits per heavy atom. The van der Waals surface area contributed by atoms with Crippen molar-refractivity contribution in [3.8, 4) is 5.75 Å². The molecule has 0 aromatic heterocycles. The molecule has 1 aromatic rings. The van der Waals surface area contributed by atoms with Crippen molar-refractivity contribution < 1.29 is 28.7 Å². The summed E-state index contributed by atoms with van der Waals surface area (Å²) in [7, 11) is 1.31. The molecule has 1 aliphatic carbocycles. The Morgan fingerprint density at radius 2 is 1.81 bits per heavy atom. The average Bonchev–Trinajstić information content (AvgIpc) is 2.81. The van der Waals surface area contributed by atoms with Gasteiger partial charge in [0.15, 0.2) is 5.75 Å². The Bertz CT molecular complexity index is 760. The van der Waals surface area contributed by atoms with Crippen molar-refractivity contribution in [3.63, 3.8) is 0 Å². The first kappa shape index (κ1) is 22.9. The first-order chi connectivity index (χ1) is 15.0. The fourth-order valence-electron chi connectivity index (χ4n) is 4.14. The third-order valence-corrected chi connectivity index (χ3v) is 6.05. The number of β-lactam (4-membered cyclic amide) rings is 1. The highest BCUT2D eigenvalue weighted by molar-refractivity contribution is 5.91. The van der Waals surface area contributed by atoms with Gasteiger partial charge in [0.2, 0.25) is 0 Å². The van der Waals surface area contributed by atoms with Gasteiger partial charge in [-0.2, -0.15) is 5.06 Å². The summed E-state index contributed by atoms with van der Waals surface area (Å²) >= 11 is 0. The van der Waals surface area contributed by atoms with E-state index in [1.807, 2.05) is 0 Å². The lowest BCUT2D eigenvalue weighted by atomic mass is 9.86. The summed E-state index contributed by atoms with van der Waals surface area (Å²) in [6.07, 6.45) is 9.24. The number of ether oxygens (including phenoxy) is 2. The van der Waals surface area contributed by atoms with E-state index in [4.69, 9.17) is 9.57 Å². The minimum absolute atomic E-state index is 0.341. The molecular weight excluding hydrogens is 400 g/mol. The molecule has 170 valence electrons. The van der Waals surface area contributed by atoms with E-state index < -0.39 is 18.1 Å². The Morgan fingerprint density at radius 3 is 2.45 bits per heavy atom. The Labute approximate surface area is 183 Å². The van der Waals surface area contributed by atoms with Crippen LogP contribution in [0.5, 0.6) is 5.75 Å². The second-order valence-electron chi connectivity index (χ2n) is 8.27. The van der Waals surface area contributed by atoms with Gasteiger partial charge in [-0.05, 0) is 49.9 Å². The number of nitrogens with one attached hydrogen (secondary N) is 1. The van der Waals surface area contributed by atoms with E-state index >= 15 is 0 Å². The Hall–Kier alpha value is -2.77. The standard InChI is InChI=1S/C23H32N2O6/c1-16-20(24-23(28)30-15-7-6-10-17-8-4-3-5-9-17)21(26)25(16)31-19-13-11-18(12-14-19)22(27)29-2/h11-14,16-17,20H,3-10,15H2,1-2H3,(H,24,28)/t16-,20-/m0/s1. The van der Waals surface area contributed by atoms with Gasteiger partial charge in [0, 0.05) is 0 Å². The molecule has 1 aromatic carbocycles. The highest BCUT2D eigenvalue weighted by atomic mass is 16.7. The lowest BCUT2D eigenvalue weighted by Gasteiger charge is -2.43. The van der Waals surface area contributed by atoms with Gasteiger partial charge in [0.05, 0.1) is 25.3 Å². The molecule has 0 spiro atoms. The van der Waals surface area contributed by atoms with Crippen molar-refractivity contribution in [2.75, 3.05) is 13.7 Å². The molecule has 3 rings (SSSR count). The molecule has 1 saturated carbocycles. The first-order valence-electron chi connectivity index (χ1n) is 11.1. The topological polar surface area (TPSA) is 94.2 Å². The number of methoxy groups -OCH3 is 1. The zero-order valence-corrected chi connectivity index (χ0v) is 18.3. The Kier molecular flexibility index (Phi) is 8.14. The molecule has 8 heteroatoms. The monoisotopic (exact) mass is 432 g/mol. The number of hydroxylamine groups is 2. The third kappa shape index (κ3) is 6.12. The fraction of sp³-hybridized carbons (Fsp3) is 0.609. The van der Waals surface area contributed by atoms with Gasteiger partial charge in [-0.1, -0.05) is 38.5 Å². The van der Waals surface area contributed by atoms with Crippen molar-refractivity contribution in [1.29, 1.82) is 0 Å². The number of alkyl carbamates (subject to hydrolysis) is 1. The fourth-order valence-corrected chi connectivity index (χ4v) is 4.14. The van der Waals surface area contributed by atoms with Gasteiger partial charge >= 0.3 is 12.1 Å². The van der Waals surface area contributed by atoms with Crippen molar-refractivity contribution in [2.45, 2.75) is 70.4 Å². The van der Waals surface area contributed by atoms with Crippen LogP contribution in [0, 0.1) is 5.92 Å². The van der Waals surface area contributed by atoms with Crippen molar-refractivity contribution in [3.05, 3.63) is 29.8 Å². The average molecular weight is 433 g/mol. The summed E-state index contributed by atoms with van der Waals surface area (Å²) in [4.78, 5) is 41.4. The van der Waals surface area contributed by atoms with Crippen molar-refractivity contribution in [1.82, 2.24) is 10.4 Å². The van der Waals surface area contributed by atoms with Crippen LogP contribution >= 0.6 is 0 Å². The van der Waals surface area contributed by atoms with Gasteiger partial charge in [-0.15, -0.1) is 0 Å². The molecule has 1 heterocycles. The largest absolute Gasteiger partial charge is 0.465 e. The van der Waals surface area contributed by atoms with Crippen LogP contribution in [0.4, 0.5) is 4.79 Å². The van der Waals surface area contributed by atoms with E-state index in [9.17, 15) is 14.4 Å². The maximum Gasteiger partial charge on any atom is 0.407 e. The number of nitrogens with zero attached hydrogens (tertiary/aromatic N) is 1. The van der Waals surface area contributed by atoms with E-state index in [1.165, 1.54) is 50.7 Å². The molecule has 2 aliphatic rings. The van der Waals surface area contributed by atoms with Gasteiger partial charge in [-0.3, -0.25) is 4.79 Å². The minimum atomic E-state index is -0.677. The quantitative estimate of drug-likeness (QED) is 0.362. The van der Waals surface area contributed by atoms with Crippen LogP contribution < -0.4 is 10.2 Å². The molecular formula is C23H32N2O6. The third-order valence-electron chi connectivity index (χ3n) is 6.05. The van der Waals surface area contributed by atoms with Crippen LogP contribution in [0.2, 0.25) is 0 Å². The zero-order chi connectivity index (χ0) is 22.2. The number of hydrogen-bond donors (Lipinski definition) is 1. The summed E-state index contributed by atoms with van der Waals surface area (Å²) in [5.74, 6) is 0.445. The molecule has 1 saturated heterocycles. The van der Waals surface area contributed by atoms with Gasteiger partial charge in [-0.25, -0.2) is 9.59 Å². The van der Waals surface area contributed by atoms with E-state index in [-0.39, 0.29) is 11.9 Å². The molecule has 1 N–H and O–H groups in total. The van der Waals surface area contributed by atoms with Crippen LogP contribution in [0.3, 0.4) is 0 Å². The number of benzene rings is 1. The number of amides is 2. The van der Waals surface area contributed by atoms with Gasteiger partial charge < -0.3 is 19.6 Å². The number of rotatable bonds is 9. The van der Waals surface area contributed by atoms with Crippen molar-refractivity contribution in [2.24, 2.45) is 5.92 Å². The van der Waals surface area contributed by atoms with Gasteiger partial charge in [0.1, 0.15) is 6.04 Å². The predicted molar refractivity (Wildman–Crippen MR) is 113 cm³/mol. The summed E-state index contributed by atoms with van der Waals surface area (Å²) in [6.45, 7) is 2.14. The second-order valence-corrected chi connectivity index (χ2v) is 8.27. The summed E-state index contributed by atoms with van der Waals surface area (Å²) in [6, 6.07) is 5.24. The normalized spacial score (nSPS) is 21.2. The number of carbonyl (C=O) groups is 3. The zero-order valence-electron chi connectivity index (χ0n) is 18.3. The highest BCUT2D eigenvalue weighted by Crippen LogP contribution is 2.27. The van der Waals surface area contributed by atoms with Gasteiger partial charge in [0.25, 0.3) is 5.91 Å². The lowest BCUT2D eigenvalue weighted by molar-refractivity contribution is -0.194. The van der Waals surface area contributed by atoms with E-state index in [2.05, 4.69) is 10.1 Å². The summed E-state index contributed by atoms with van der Waals surface area (Å²) in [5.41, 5.74) is 0.388. The number of esters is 1. The van der Waals surface area contributed by atoms with Crippen LogP contribution in [-0.2, 0) is 14.3 Å². The molecule has 2 amide bonds. The predicted octanol–water partition coefficient (Wildman–Crippen LogP) is 3.84. The molecule has 2 atom stereocenters. The number of hydrogen-bond acceptors (Lipinski definition) is 6. The maximum absolute atomic E-state index is 12.3. The summed E-state index contributed by atoms with van der Waals surface area (Å²) in [5, 5.41) is 3.81. The lowest BCUT2D eigenvalue weighted by Crippen LogP contribution is -2.70. The van der Waals surface area contributed by atoms with Crippen LogP contribution in [-0.4, -0.2) is 48.8 Å². The molecule has 31 heavy (non-hydrogen) atoms. The summed E-state index contributed by atoms with van der Waals surface area (Å²) < 4.78 is 9.88. The Balaban J connectivity index is 1.34. The van der Waals surface area contributed by atoms with Crippen LogP contribution in [0.1, 0.15) is 68.6 Å². The molecule has 0 radical (unpaired) electrons. The molecule has 1 aliphatic heterocycles. The van der Waals surface area contributed by atoms with Crippen LogP contribution in [0.15, 0.2) is 24.3 Å². The molecule has 8 nitrogen and oxygen atoms in total. The highest BCUT2D eigenvalue weighted by Gasteiger charge is 2.48. The first-order valence-corrected chi connectivity index (χ1v) is 11.1. The molecule has 2 fully saturated rings. The second kappa shape index (κ2) is 11.0. The molecule has 0 bridgehead atoms. The minimum Gasteiger partial charge on any atom is -0.465 e. The van der Waals surface area contributed by atoms with Crippen LogP contribution in [0.25, 0.3) is 0 Å².